The van der Waals surface area contributed by atoms with Crippen molar-refractivity contribution < 1.29 is 23.1 Å². The summed E-state index contributed by atoms with van der Waals surface area (Å²) in [6.07, 6.45) is -6.74. The van der Waals surface area contributed by atoms with Crippen LogP contribution in [-0.2, 0) is 6.54 Å². The zero-order valence-electron chi connectivity index (χ0n) is 12.9. The molecule has 0 aromatic heterocycles. The molecule has 0 bridgehead atoms. The van der Waals surface area contributed by atoms with E-state index in [1.807, 2.05) is 6.07 Å². The van der Waals surface area contributed by atoms with E-state index in [1.165, 1.54) is 4.90 Å². The van der Waals surface area contributed by atoms with Crippen LogP contribution in [0.3, 0.4) is 0 Å². The zero-order chi connectivity index (χ0) is 17.7. The number of rotatable bonds is 3. The molecule has 0 radical (unpaired) electrons. The van der Waals surface area contributed by atoms with Crippen LogP contribution in [0.5, 0.6) is 0 Å². The predicted molar refractivity (Wildman–Crippen MR) is 79.8 cm³/mol. The lowest BCUT2D eigenvalue weighted by atomic mass is 9.91. The quantitative estimate of drug-likeness (QED) is 0.886. The van der Waals surface area contributed by atoms with Crippen LogP contribution >= 0.6 is 0 Å². The Bertz CT molecular complexity index is 620. The SMILES string of the molecule is N#Cc1cccc(CNC(=O)N2CCC(C(O)C(F)(F)F)CC2)c1. The standard InChI is InChI=1S/C16H18F3N3O2/c17-16(18,19)14(23)13-4-6-22(7-5-13)15(24)21-10-12-3-1-2-11(8-12)9-20/h1-3,8,13-14,23H,4-7,10H2,(H,21,24). The maximum atomic E-state index is 12.5. The topological polar surface area (TPSA) is 76.4 Å². The Kier molecular flexibility index (Phi) is 5.67. The Hall–Kier alpha value is -2.27. The minimum Gasteiger partial charge on any atom is -0.383 e. The number of nitrogens with one attached hydrogen (secondary N) is 1. The lowest BCUT2D eigenvalue weighted by molar-refractivity contribution is -0.222. The summed E-state index contributed by atoms with van der Waals surface area (Å²) in [5.41, 5.74) is 1.26. The van der Waals surface area contributed by atoms with E-state index in [0.29, 0.717) is 5.56 Å². The molecule has 1 saturated heterocycles. The van der Waals surface area contributed by atoms with Crippen molar-refractivity contribution in [1.29, 1.82) is 5.26 Å². The molecule has 130 valence electrons. The second-order valence-electron chi connectivity index (χ2n) is 5.78. The molecule has 1 aromatic rings. The average Bonchev–Trinajstić information content (AvgIpc) is 2.58. The van der Waals surface area contributed by atoms with E-state index in [1.54, 1.807) is 24.3 Å². The number of nitrogens with zero attached hydrogens (tertiary/aromatic N) is 2. The molecule has 2 N–H and O–H groups in total. The van der Waals surface area contributed by atoms with Crippen LogP contribution in [0.1, 0.15) is 24.0 Å². The number of carbonyl (C=O) groups is 1. The molecule has 0 aliphatic carbocycles. The van der Waals surface area contributed by atoms with Gasteiger partial charge in [0.15, 0.2) is 6.10 Å². The third-order valence-corrected chi connectivity index (χ3v) is 4.11. The molecule has 1 aliphatic rings. The van der Waals surface area contributed by atoms with E-state index in [-0.39, 0.29) is 38.5 Å². The van der Waals surface area contributed by atoms with Crippen molar-refractivity contribution in [3.8, 4) is 6.07 Å². The number of urea groups is 1. The number of likely N-dealkylation sites (tertiary alicyclic amines) is 1. The fourth-order valence-electron chi connectivity index (χ4n) is 2.73. The van der Waals surface area contributed by atoms with Gasteiger partial charge in [-0.25, -0.2) is 4.79 Å². The van der Waals surface area contributed by atoms with Crippen molar-refractivity contribution in [2.75, 3.05) is 13.1 Å². The van der Waals surface area contributed by atoms with Gasteiger partial charge >= 0.3 is 12.2 Å². The molecule has 1 heterocycles. The number of alkyl halides is 3. The molecule has 5 nitrogen and oxygen atoms in total. The van der Waals surface area contributed by atoms with Gasteiger partial charge in [-0.2, -0.15) is 18.4 Å². The van der Waals surface area contributed by atoms with Gasteiger partial charge in [0.1, 0.15) is 0 Å². The highest BCUT2D eigenvalue weighted by atomic mass is 19.4. The molecule has 2 rings (SSSR count). The fraction of sp³-hybridized carbons (Fsp3) is 0.500. The van der Waals surface area contributed by atoms with Crippen LogP contribution in [0.15, 0.2) is 24.3 Å². The summed E-state index contributed by atoms with van der Waals surface area (Å²) in [5, 5.41) is 20.8. The molecule has 1 unspecified atom stereocenters. The highest BCUT2D eigenvalue weighted by Gasteiger charge is 2.44. The van der Waals surface area contributed by atoms with Crippen molar-refractivity contribution in [2.24, 2.45) is 5.92 Å². The Morgan fingerprint density at radius 1 is 1.42 bits per heavy atom. The molecular formula is C16H18F3N3O2. The number of amides is 2. The number of hydrogen-bond donors (Lipinski definition) is 2. The Morgan fingerprint density at radius 3 is 2.67 bits per heavy atom. The number of carbonyl (C=O) groups excluding carboxylic acids is 1. The number of hydrogen-bond acceptors (Lipinski definition) is 3. The van der Waals surface area contributed by atoms with E-state index >= 15 is 0 Å². The first kappa shape index (κ1) is 18.1. The fourth-order valence-corrected chi connectivity index (χ4v) is 2.73. The third-order valence-electron chi connectivity index (χ3n) is 4.11. The first-order chi connectivity index (χ1) is 11.3. The first-order valence-corrected chi connectivity index (χ1v) is 7.58. The number of piperidine rings is 1. The van der Waals surface area contributed by atoms with Crippen molar-refractivity contribution in [1.82, 2.24) is 10.2 Å². The van der Waals surface area contributed by atoms with Gasteiger partial charge in [0.2, 0.25) is 0 Å². The van der Waals surface area contributed by atoms with Gasteiger partial charge in [0.25, 0.3) is 0 Å². The van der Waals surface area contributed by atoms with Crippen LogP contribution in [0.25, 0.3) is 0 Å². The summed E-state index contributed by atoms with van der Waals surface area (Å²) >= 11 is 0. The molecule has 1 fully saturated rings. The number of halogens is 3. The van der Waals surface area contributed by atoms with Crippen molar-refractivity contribution in [2.45, 2.75) is 31.7 Å². The maximum absolute atomic E-state index is 12.5. The van der Waals surface area contributed by atoms with Crippen LogP contribution in [0.4, 0.5) is 18.0 Å². The lowest BCUT2D eigenvalue weighted by Gasteiger charge is -2.34. The number of benzene rings is 1. The molecule has 1 atom stereocenters. The lowest BCUT2D eigenvalue weighted by Crippen LogP contribution is -2.48. The van der Waals surface area contributed by atoms with Crippen molar-refractivity contribution in [3.63, 3.8) is 0 Å². The summed E-state index contributed by atoms with van der Waals surface area (Å²) in [6, 6.07) is 8.44. The number of aliphatic hydroxyl groups is 1. The highest BCUT2D eigenvalue weighted by molar-refractivity contribution is 5.74. The minimum absolute atomic E-state index is 0.109. The Balaban J connectivity index is 1.82. The van der Waals surface area contributed by atoms with Crippen LogP contribution < -0.4 is 5.32 Å². The summed E-state index contributed by atoms with van der Waals surface area (Å²) in [5.74, 6) is -0.874. The third kappa shape index (κ3) is 4.61. The highest BCUT2D eigenvalue weighted by Crippen LogP contribution is 2.31. The molecule has 8 heteroatoms. The summed E-state index contributed by atoms with van der Waals surface area (Å²) in [4.78, 5) is 13.5. The van der Waals surface area contributed by atoms with Gasteiger partial charge in [-0.1, -0.05) is 12.1 Å². The number of aliphatic hydroxyl groups excluding tert-OH is 1. The normalized spacial score (nSPS) is 17.2. The second-order valence-corrected chi connectivity index (χ2v) is 5.78. The molecule has 2 amide bonds. The summed E-state index contributed by atoms with van der Waals surface area (Å²) < 4.78 is 37.5. The van der Waals surface area contributed by atoms with Crippen LogP contribution in [0.2, 0.25) is 0 Å². The Morgan fingerprint density at radius 2 is 2.08 bits per heavy atom. The van der Waals surface area contributed by atoms with E-state index < -0.39 is 18.2 Å². The number of nitriles is 1. The van der Waals surface area contributed by atoms with Gasteiger partial charge in [-0.3, -0.25) is 0 Å². The van der Waals surface area contributed by atoms with E-state index in [9.17, 15) is 23.1 Å². The smallest absolute Gasteiger partial charge is 0.383 e. The van der Waals surface area contributed by atoms with Gasteiger partial charge in [-0.05, 0) is 36.5 Å². The van der Waals surface area contributed by atoms with E-state index in [0.717, 1.165) is 5.56 Å². The predicted octanol–water partition coefficient (Wildman–Crippen LogP) is 2.40. The maximum Gasteiger partial charge on any atom is 0.414 e. The van der Waals surface area contributed by atoms with E-state index in [2.05, 4.69) is 5.32 Å². The Labute approximate surface area is 137 Å². The average molecular weight is 341 g/mol. The van der Waals surface area contributed by atoms with Gasteiger partial charge in [-0.15, -0.1) is 0 Å². The largest absolute Gasteiger partial charge is 0.414 e. The zero-order valence-corrected chi connectivity index (χ0v) is 12.9. The molecule has 1 aliphatic heterocycles. The van der Waals surface area contributed by atoms with Crippen molar-refractivity contribution >= 4 is 6.03 Å². The molecule has 0 saturated carbocycles. The summed E-state index contributed by atoms with van der Waals surface area (Å²) in [7, 11) is 0. The minimum atomic E-state index is -4.62. The van der Waals surface area contributed by atoms with Gasteiger partial charge in [0, 0.05) is 19.6 Å². The second kappa shape index (κ2) is 7.53. The van der Waals surface area contributed by atoms with Crippen LogP contribution in [-0.4, -0.2) is 41.4 Å². The molecule has 0 spiro atoms. The first-order valence-electron chi connectivity index (χ1n) is 7.58. The van der Waals surface area contributed by atoms with E-state index in [4.69, 9.17) is 5.26 Å². The summed E-state index contributed by atoms with van der Waals surface area (Å²) in [6.45, 7) is 0.573. The van der Waals surface area contributed by atoms with Crippen LogP contribution in [0, 0.1) is 17.2 Å². The van der Waals surface area contributed by atoms with Gasteiger partial charge in [0.05, 0.1) is 11.6 Å². The molecule has 24 heavy (non-hydrogen) atoms. The van der Waals surface area contributed by atoms with Crippen molar-refractivity contribution in [3.05, 3.63) is 35.4 Å². The monoisotopic (exact) mass is 341 g/mol. The molecular weight excluding hydrogens is 323 g/mol. The van der Waals surface area contributed by atoms with Gasteiger partial charge < -0.3 is 15.3 Å². The molecule has 1 aromatic carbocycles.